The van der Waals surface area contributed by atoms with Gasteiger partial charge in [-0.25, -0.2) is 4.79 Å². The van der Waals surface area contributed by atoms with Gasteiger partial charge in [-0.15, -0.1) is 0 Å². The molecule has 3 amide bonds. The van der Waals surface area contributed by atoms with Crippen LogP contribution >= 0.6 is 0 Å². The molecule has 2 aromatic carbocycles. The zero-order valence-corrected chi connectivity index (χ0v) is 18.3. The molecule has 1 saturated heterocycles. The number of amides is 3. The van der Waals surface area contributed by atoms with Gasteiger partial charge in [-0.2, -0.15) is 0 Å². The lowest BCUT2D eigenvalue weighted by molar-refractivity contribution is -0.124. The van der Waals surface area contributed by atoms with Gasteiger partial charge in [0.15, 0.2) is 0 Å². The number of hydrogen-bond donors (Lipinski definition) is 2. The number of hydrogen-bond acceptors (Lipinski definition) is 4. The molecule has 0 aromatic heterocycles. The summed E-state index contributed by atoms with van der Waals surface area (Å²) >= 11 is 0. The predicted octanol–water partition coefficient (Wildman–Crippen LogP) is 3.49. The van der Waals surface area contributed by atoms with Crippen molar-refractivity contribution in [3.8, 4) is 5.75 Å². The van der Waals surface area contributed by atoms with Crippen LogP contribution < -0.4 is 15.8 Å². The van der Waals surface area contributed by atoms with E-state index in [0.29, 0.717) is 44.4 Å². The number of carbonyl (C=O) groups is 2. The topological polar surface area (TPSA) is 87.9 Å². The van der Waals surface area contributed by atoms with Crippen molar-refractivity contribution in [3.05, 3.63) is 60.2 Å². The van der Waals surface area contributed by atoms with Crippen molar-refractivity contribution in [2.45, 2.75) is 26.3 Å². The van der Waals surface area contributed by atoms with Crippen LogP contribution in [0.25, 0.3) is 0 Å². The van der Waals surface area contributed by atoms with Crippen LogP contribution in [0.4, 0.5) is 10.5 Å². The van der Waals surface area contributed by atoms with Gasteiger partial charge in [-0.05, 0) is 30.0 Å². The zero-order valence-electron chi connectivity index (χ0n) is 18.3. The molecule has 0 bridgehead atoms. The summed E-state index contributed by atoms with van der Waals surface area (Å²) in [6.45, 7) is 7.17. The SMILES string of the molecule is CC(C)CCOc1cccc(NC(=O)N2CCN(C(C(N)=O)c3ccccc3)CC2)c1. The lowest BCUT2D eigenvalue weighted by Crippen LogP contribution is -2.52. The highest BCUT2D eigenvalue weighted by atomic mass is 16.5. The Balaban J connectivity index is 1.54. The van der Waals surface area contributed by atoms with Gasteiger partial charge in [-0.1, -0.05) is 50.2 Å². The summed E-state index contributed by atoms with van der Waals surface area (Å²) in [5.74, 6) is 0.950. The summed E-state index contributed by atoms with van der Waals surface area (Å²) in [7, 11) is 0. The van der Waals surface area contributed by atoms with E-state index in [1.165, 1.54) is 0 Å². The number of rotatable bonds is 8. The third kappa shape index (κ3) is 6.46. The van der Waals surface area contributed by atoms with E-state index in [-0.39, 0.29) is 11.9 Å². The molecule has 1 aliphatic heterocycles. The lowest BCUT2D eigenvalue weighted by Gasteiger charge is -2.38. The fraction of sp³-hybridized carbons (Fsp3) is 0.417. The van der Waals surface area contributed by atoms with Crippen LogP contribution in [0.3, 0.4) is 0 Å². The van der Waals surface area contributed by atoms with E-state index >= 15 is 0 Å². The number of anilines is 1. The molecular weight excluding hydrogens is 392 g/mol. The lowest BCUT2D eigenvalue weighted by atomic mass is 10.0. The maximum atomic E-state index is 12.7. The van der Waals surface area contributed by atoms with Gasteiger partial charge in [0.2, 0.25) is 5.91 Å². The highest BCUT2D eigenvalue weighted by Gasteiger charge is 2.30. The molecule has 0 saturated carbocycles. The molecule has 1 heterocycles. The van der Waals surface area contributed by atoms with Crippen LogP contribution in [-0.4, -0.2) is 54.5 Å². The monoisotopic (exact) mass is 424 g/mol. The smallest absolute Gasteiger partial charge is 0.321 e. The Morgan fingerprint density at radius 1 is 1.03 bits per heavy atom. The van der Waals surface area contributed by atoms with Crippen molar-refractivity contribution in [3.63, 3.8) is 0 Å². The molecule has 31 heavy (non-hydrogen) atoms. The van der Waals surface area contributed by atoms with Gasteiger partial charge in [0.05, 0.1) is 6.61 Å². The number of nitrogens with one attached hydrogen (secondary N) is 1. The van der Waals surface area contributed by atoms with E-state index in [1.807, 2.05) is 59.5 Å². The first kappa shape index (κ1) is 22.6. The Hall–Kier alpha value is -3.06. The number of nitrogens with zero attached hydrogens (tertiary/aromatic N) is 2. The van der Waals surface area contributed by atoms with Crippen LogP contribution in [0.1, 0.15) is 31.9 Å². The van der Waals surface area contributed by atoms with Crippen molar-refractivity contribution >= 4 is 17.6 Å². The van der Waals surface area contributed by atoms with Gasteiger partial charge in [-0.3, -0.25) is 9.69 Å². The minimum atomic E-state index is -0.480. The first-order valence-corrected chi connectivity index (χ1v) is 10.8. The van der Waals surface area contributed by atoms with Crippen LogP contribution in [0, 0.1) is 5.92 Å². The number of primary amides is 1. The molecule has 1 aliphatic rings. The van der Waals surface area contributed by atoms with E-state index in [0.717, 1.165) is 17.7 Å². The Morgan fingerprint density at radius 3 is 2.39 bits per heavy atom. The van der Waals surface area contributed by atoms with Crippen LogP contribution in [-0.2, 0) is 4.79 Å². The standard InChI is InChI=1S/C24H32N4O3/c1-18(2)11-16-31-21-10-6-9-20(17-21)26-24(30)28-14-12-27(13-15-28)22(23(25)29)19-7-4-3-5-8-19/h3-10,17-18,22H,11-16H2,1-2H3,(H2,25,29)(H,26,30). The van der Waals surface area contributed by atoms with Gasteiger partial charge in [0.25, 0.3) is 0 Å². The molecule has 2 aromatic rings. The summed E-state index contributed by atoms with van der Waals surface area (Å²) in [5, 5.41) is 2.95. The van der Waals surface area contributed by atoms with Crippen molar-refractivity contribution in [1.29, 1.82) is 0 Å². The number of nitrogens with two attached hydrogens (primary N) is 1. The van der Waals surface area contributed by atoms with Crippen LogP contribution in [0.15, 0.2) is 54.6 Å². The fourth-order valence-electron chi connectivity index (χ4n) is 3.65. The summed E-state index contributed by atoms with van der Waals surface area (Å²) in [4.78, 5) is 28.6. The zero-order chi connectivity index (χ0) is 22.2. The van der Waals surface area contributed by atoms with Gasteiger partial charge >= 0.3 is 6.03 Å². The highest BCUT2D eigenvalue weighted by molar-refractivity contribution is 5.89. The molecule has 7 nitrogen and oxygen atoms in total. The number of urea groups is 1. The van der Waals surface area contributed by atoms with Crippen molar-refractivity contribution in [1.82, 2.24) is 9.80 Å². The summed E-state index contributed by atoms with van der Waals surface area (Å²) in [6, 6.07) is 16.3. The minimum absolute atomic E-state index is 0.158. The minimum Gasteiger partial charge on any atom is -0.494 e. The van der Waals surface area contributed by atoms with E-state index in [9.17, 15) is 9.59 Å². The second-order valence-corrected chi connectivity index (χ2v) is 8.23. The highest BCUT2D eigenvalue weighted by Crippen LogP contribution is 2.23. The largest absolute Gasteiger partial charge is 0.494 e. The van der Waals surface area contributed by atoms with E-state index in [1.54, 1.807) is 4.90 Å². The van der Waals surface area contributed by atoms with Crippen LogP contribution in [0.5, 0.6) is 5.75 Å². The summed E-state index contributed by atoms with van der Waals surface area (Å²) in [6.07, 6.45) is 0.982. The van der Waals surface area contributed by atoms with Crippen molar-refractivity contribution in [2.24, 2.45) is 11.7 Å². The maximum absolute atomic E-state index is 12.7. The number of benzene rings is 2. The molecule has 0 spiro atoms. The first-order chi connectivity index (χ1) is 14.9. The Bertz CT molecular complexity index is 864. The predicted molar refractivity (Wildman–Crippen MR) is 122 cm³/mol. The second-order valence-electron chi connectivity index (χ2n) is 8.23. The molecule has 0 aliphatic carbocycles. The molecular formula is C24H32N4O3. The Labute approximate surface area is 184 Å². The van der Waals surface area contributed by atoms with E-state index < -0.39 is 6.04 Å². The number of piperazine rings is 1. The Kier molecular flexibility index (Phi) is 7.89. The van der Waals surface area contributed by atoms with Crippen molar-refractivity contribution in [2.75, 3.05) is 38.1 Å². The second kappa shape index (κ2) is 10.8. The molecule has 166 valence electrons. The molecule has 0 radical (unpaired) electrons. The fourth-order valence-corrected chi connectivity index (χ4v) is 3.65. The quantitative estimate of drug-likeness (QED) is 0.679. The maximum Gasteiger partial charge on any atom is 0.321 e. The molecule has 1 atom stereocenters. The Morgan fingerprint density at radius 2 is 1.74 bits per heavy atom. The van der Waals surface area contributed by atoms with Gasteiger partial charge < -0.3 is 20.7 Å². The molecule has 7 heteroatoms. The normalized spacial score (nSPS) is 15.5. The average Bonchev–Trinajstić information content (AvgIpc) is 2.75. The third-order valence-electron chi connectivity index (χ3n) is 5.40. The number of ether oxygens (including phenoxy) is 1. The summed E-state index contributed by atoms with van der Waals surface area (Å²) < 4.78 is 5.77. The van der Waals surface area contributed by atoms with Crippen molar-refractivity contribution < 1.29 is 14.3 Å². The molecule has 1 unspecified atom stereocenters. The van der Waals surface area contributed by atoms with Gasteiger partial charge in [0.1, 0.15) is 11.8 Å². The first-order valence-electron chi connectivity index (χ1n) is 10.8. The summed E-state index contributed by atoms with van der Waals surface area (Å²) in [5.41, 5.74) is 7.26. The molecule has 3 N–H and O–H groups in total. The number of carbonyl (C=O) groups excluding carboxylic acids is 2. The van der Waals surface area contributed by atoms with E-state index in [2.05, 4.69) is 19.2 Å². The third-order valence-corrected chi connectivity index (χ3v) is 5.40. The van der Waals surface area contributed by atoms with E-state index in [4.69, 9.17) is 10.5 Å². The van der Waals surface area contributed by atoms with Crippen LogP contribution in [0.2, 0.25) is 0 Å². The average molecular weight is 425 g/mol. The molecule has 1 fully saturated rings. The van der Waals surface area contributed by atoms with Gasteiger partial charge in [0, 0.05) is 37.9 Å². The molecule has 3 rings (SSSR count).